The largest absolute Gasteiger partial charge is 0.325 e. The van der Waals surface area contributed by atoms with Crippen molar-refractivity contribution in [2.45, 2.75) is 11.8 Å². The number of amides is 2. The predicted octanol–water partition coefficient (Wildman–Crippen LogP) is 6.03. The van der Waals surface area contributed by atoms with Gasteiger partial charge in [0.05, 0.1) is 5.75 Å². The van der Waals surface area contributed by atoms with E-state index in [-0.39, 0.29) is 17.6 Å². The fourth-order valence-electron chi connectivity index (χ4n) is 2.66. The zero-order chi connectivity index (χ0) is 21.3. The number of nitrogens with one attached hydrogen (secondary N) is 2. The molecule has 30 heavy (non-hydrogen) atoms. The average molecular weight is 437 g/mol. The molecule has 0 aliphatic carbocycles. The Hall–Kier alpha value is -3.02. The summed E-state index contributed by atoms with van der Waals surface area (Å²) in [6, 6.07) is 22.4. The first-order valence-electron chi connectivity index (χ1n) is 9.33. The number of carbonyl (C=O) groups is 2. The average Bonchev–Trinajstić information content (AvgIpc) is 2.75. The molecule has 3 aromatic carbocycles. The molecule has 3 rings (SSSR count). The summed E-state index contributed by atoms with van der Waals surface area (Å²) in [5, 5.41) is 6.33. The third-order valence-electron chi connectivity index (χ3n) is 4.24. The van der Waals surface area contributed by atoms with Gasteiger partial charge in [-0.3, -0.25) is 9.59 Å². The molecular formula is C24H21ClN2O2S. The third kappa shape index (κ3) is 6.51. The minimum Gasteiger partial charge on any atom is -0.325 e. The lowest BCUT2D eigenvalue weighted by atomic mass is 10.2. The van der Waals surface area contributed by atoms with Gasteiger partial charge in [-0.05, 0) is 54.5 Å². The van der Waals surface area contributed by atoms with Crippen LogP contribution in [0.1, 0.15) is 11.1 Å². The fourth-order valence-corrected chi connectivity index (χ4v) is 3.59. The Kier molecular flexibility index (Phi) is 7.71. The maximum Gasteiger partial charge on any atom is 0.248 e. The molecule has 3 aromatic rings. The van der Waals surface area contributed by atoms with E-state index in [1.807, 2.05) is 67.6 Å². The Morgan fingerprint density at radius 3 is 2.53 bits per heavy atom. The van der Waals surface area contributed by atoms with Gasteiger partial charge in [0.25, 0.3) is 0 Å². The van der Waals surface area contributed by atoms with Gasteiger partial charge in [-0.25, -0.2) is 0 Å². The summed E-state index contributed by atoms with van der Waals surface area (Å²) in [6.07, 6.45) is 3.26. The summed E-state index contributed by atoms with van der Waals surface area (Å²) >= 11 is 7.49. The van der Waals surface area contributed by atoms with Gasteiger partial charge < -0.3 is 10.6 Å². The summed E-state index contributed by atoms with van der Waals surface area (Å²) in [7, 11) is 0. The second-order valence-corrected chi connectivity index (χ2v) is 7.97. The number of hydrogen-bond donors (Lipinski definition) is 2. The summed E-state index contributed by atoms with van der Waals surface area (Å²) in [5.74, 6) is -0.0853. The van der Waals surface area contributed by atoms with E-state index in [4.69, 9.17) is 11.6 Å². The Morgan fingerprint density at radius 2 is 1.73 bits per heavy atom. The third-order valence-corrected chi connectivity index (χ3v) is 5.64. The van der Waals surface area contributed by atoms with E-state index in [2.05, 4.69) is 10.6 Å². The molecule has 4 nitrogen and oxygen atoms in total. The van der Waals surface area contributed by atoms with Crippen LogP contribution in [-0.4, -0.2) is 17.6 Å². The monoisotopic (exact) mass is 436 g/mol. The number of rotatable bonds is 7. The first-order valence-corrected chi connectivity index (χ1v) is 10.7. The minimum atomic E-state index is -0.213. The number of thioether (sulfide) groups is 1. The fraction of sp³-hybridized carbons (Fsp3) is 0.0833. The predicted molar refractivity (Wildman–Crippen MR) is 126 cm³/mol. The van der Waals surface area contributed by atoms with Crippen molar-refractivity contribution in [3.63, 3.8) is 0 Å². The smallest absolute Gasteiger partial charge is 0.248 e. The van der Waals surface area contributed by atoms with Crippen molar-refractivity contribution in [2.75, 3.05) is 16.4 Å². The summed E-state index contributed by atoms with van der Waals surface area (Å²) in [4.78, 5) is 25.3. The number of benzene rings is 3. The molecule has 0 spiro atoms. The molecule has 0 fully saturated rings. The Bertz CT molecular complexity index is 1070. The lowest BCUT2D eigenvalue weighted by Gasteiger charge is -2.10. The van der Waals surface area contributed by atoms with Crippen LogP contribution in [0.3, 0.4) is 0 Å². The molecule has 2 N–H and O–H groups in total. The van der Waals surface area contributed by atoms with Crippen molar-refractivity contribution in [2.24, 2.45) is 0 Å². The van der Waals surface area contributed by atoms with Gasteiger partial charge in [0.15, 0.2) is 0 Å². The van der Waals surface area contributed by atoms with Crippen LogP contribution in [0.15, 0.2) is 83.8 Å². The number of carbonyl (C=O) groups excluding carboxylic acids is 2. The zero-order valence-electron chi connectivity index (χ0n) is 16.4. The molecular weight excluding hydrogens is 416 g/mol. The van der Waals surface area contributed by atoms with Gasteiger partial charge in [0.2, 0.25) is 11.8 Å². The summed E-state index contributed by atoms with van der Waals surface area (Å²) in [6.45, 7) is 1.86. The van der Waals surface area contributed by atoms with Crippen LogP contribution in [0.2, 0.25) is 5.02 Å². The highest BCUT2D eigenvalue weighted by molar-refractivity contribution is 8.00. The second kappa shape index (κ2) is 10.7. The highest BCUT2D eigenvalue weighted by atomic mass is 35.5. The summed E-state index contributed by atoms with van der Waals surface area (Å²) < 4.78 is 0. The van der Waals surface area contributed by atoms with Crippen LogP contribution in [0.5, 0.6) is 0 Å². The molecule has 152 valence electrons. The van der Waals surface area contributed by atoms with Gasteiger partial charge >= 0.3 is 0 Å². The van der Waals surface area contributed by atoms with Crippen LogP contribution in [-0.2, 0) is 9.59 Å². The SMILES string of the molecule is Cc1c(Cl)cccc1NC(=O)CSc1cccc(NC(=O)/C=C/c2ccccc2)c1. The second-order valence-electron chi connectivity index (χ2n) is 6.51. The van der Waals surface area contributed by atoms with Gasteiger partial charge in [-0.1, -0.05) is 54.1 Å². The van der Waals surface area contributed by atoms with E-state index < -0.39 is 0 Å². The van der Waals surface area contributed by atoms with E-state index in [0.717, 1.165) is 16.0 Å². The molecule has 0 heterocycles. The van der Waals surface area contributed by atoms with E-state index in [9.17, 15) is 9.59 Å². The van der Waals surface area contributed by atoms with E-state index in [0.29, 0.717) is 16.4 Å². The van der Waals surface area contributed by atoms with Gasteiger partial charge in [-0.15, -0.1) is 11.8 Å². The molecule has 0 bridgehead atoms. The highest BCUT2D eigenvalue weighted by Crippen LogP contribution is 2.25. The van der Waals surface area contributed by atoms with Crippen molar-refractivity contribution >= 4 is 52.6 Å². The van der Waals surface area contributed by atoms with Crippen molar-refractivity contribution in [3.8, 4) is 0 Å². The van der Waals surface area contributed by atoms with Crippen LogP contribution < -0.4 is 10.6 Å². The summed E-state index contributed by atoms with van der Waals surface area (Å²) in [5.41, 5.74) is 3.18. The Morgan fingerprint density at radius 1 is 0.967 bits per heavy atom. The van der Waals surface area contributed by atoms with E-state index >= 15 is 0 Å². The molecule has 0 saturated carbocycles. The molecule has 6 heteroatoms. The first kappa shape index (κ1) is 21.7. The maximum atomic E-state index is 12.3. The molecule has 2 amide bonds. The van der Waals surface area contributed by atoms with Crippen molar-refractivity contribution in [1.82, 2.24) is 0 Å². The number of anilines is 2. The van der Waals surface area contributed by atoms with Crippen molar-refractivity contribution in [3.05, 3.63) is 95.0 Å². The zero-order valence-corrected chi connectivity index (χ0v) is 18.0. The Balaban J connectivity index is 1.53. The van der Waals surface area contributed by atoms with Gasteiger partial charge in [0, 0.05) is 27.4 Å². The van der Waals surface area contributed by atoms with E-state index in [1.54, 1.807) is 18.2 Å². The lowest BCUT2D eigenvalue weighted by Crippen LogP contribution is -2.14. The molecule has 0 unspecified atom stereocenters. The van der Waals surface area contributed by atoms with Crippen LogP contribution in [0.25, 0.3) is 6.08 Å². The van der Waals surface area contributed by atoms with Crippen molar-refractivity contribution < 1.29 is 9.59 Å². The molecule has 0 aromatic heterocycles. The Labute approximate surface area is 185 Å². The standard InChI is InChI=1S/C24H21ClN2O2S/c1-17-21(25)11-6-12-22(17)27-24(29)16-30-20-10-5-9-19(15-20)26-23(28)14-13-18-7-3-2-4-8-18/h2-15H,16H2,1H3,(H,26,28)(H,27,29)/b14-13+. The molecule has 0 radical (unpaired) electrons. The van der Waals surface area contributed by atoms with Gasteiger partial charge in [-0.2, -0.15) is 0 Å². The molecule has 0 aliphatic heterocycles. The number of halogens is 1. The number of hydrogen-bond acceptors (Lipinski definition) is 3. The van der Waals surface area contributed by atoms with Crippen LogP contribution in [0.4, 0.5) is 11.4 Å². The van der Waals surface area contributed by atoms with Crippen LogP contribution >= 0.6 is 23.4 Å². The molecule has 0 atom stereocenters. The molecule has 0 aliphatic rings. The minimum absolute atomic E-state index is 0.120. The first-order chi connectivity index (χ1) is 14.5. The lowest BCUT2D eigenvalue weighted by molar-refractivity contribution is -0.114. The maximum absolute atomic E-state index is 12.3. The van der Waals surface area contributed by atoms with Crippen LogP contribution in [0, 0.1) is 6.92 Å². The van der Waals surface area contributed by atoms with E-state index in [1.165, 1.54) is 17.8 Å². The normalized spacial score (nSPS) is 10.7. The highest BCUT2D eigenvalue weighted by Gasteiger charge is 2.08. The quantitative estimate of drug-likeness (QED) is 0.351. The molecule has 0 saturated heterocycles. The topological polar surface area (TPSA) is 58.2 Å². The van der Waals surface area contributed by atoms with Crippen molar-refractivity contribution in [1.29, 1.82) is 0 Å². The van der Waals surface area contributed by atoms with Gasteiger partial charge in [0.1, 0.15) is 0 Å².